The number of nitrogens with two attached hydrogens (primary N) is 1. The first-order chi connectivity index (χ1) is 9.84. The second-order valence-electron chi connectivity index (χ2n) is 3.83. The normalized spacial score (nSPS) is 13.8. The molecule has 0 atom stereocenters. The summed E-state index contributed by atoms with van der Waals surface area (Å²) in [5, 5.41) is 0.866. The van der Waals surface area contributed by atoms with E-state index in [1.807, 2.05) is 27.7 Å². The summed E-state index contributed by atoms with van der Waals surface area (Å²) in [6.07, 6.45) is 7.10. The molecule has 0 radical (unpaired) electrons. The summed E-state index contributed by atoms with van der Waals surface area (Å²) < 4.78 is 1.17. The number of benzene rings is 1. The molecule has 1 aromatic carbocycles. The predicted molar refractivity (Wildman–Crippen MR) is 99.7 cm³/mol. The minimum atomic E-state index is 0.866. The van der Waals surface area contributed by atoms with Gasteiger partial charge in [-0.15, -0.1) is 11.8 Å². The lowest BCUT2D eigenvalue weighted by atomic mass is 10.0. The van der Waals surface area contributed by atoms with E-state index in [4.69, 9.17) is 0 Å². The Morgan fingerprint density at radius 2 is 1.35 bits per heavy atom. The Kier molecular flexibility index (Phi) is 19.0. The molecule has 0 bridgehead atoms. The van der Waals surface area contributed by atoms with Crippen LogP contribution >= 0.6 is 27.7 Å². The molecule has 2 rings (SSSR count). The first-order valence-electron chi connectivity index (χ1n) is 7.84. The van der Waals surface area contributed by atoms with Crippen molar-refractivity contribution in [3.63, 3.8) is 0 Å². The highest BCUT2D eigenvalue weighted by Crippen LogP contribution is 2.33. The zero-order valence-corrected chi connectivity index (χ0v) is 16.2. The molecular weight excluding hydrogens is 330 g/mol. The summed E-state index contributed by atoms with van der Waals surface area (Å²) in [5.41, 5.74) is 4.50. The van der Waals surface area contributed by atoms with Crippen molar-refractivity contribution in [1.29, 1.82) is 0 Å². The molecule has 0 aromatic heterocycles. The molecule has 3 heteroatoms. The molecule has 0 heterocycles. The van der Waals surface area contributed by atoms with Gasteiger partial charge in [-0.3, -0.25) is 0 Å². The van der Waals surface area contributed by atoms with Crippen LogP contribution in [0.1, 0.15) is 59.8 Å². The maximum Gasteiger partial charge on any atom is 0.0176 e. The van der Waals surface area contributed by atoms with Crippen molar-refractivity contribution in [2.75, 3.05) is 7.05 Å². The van der Waals surface area contributed by atoms with Crippen LogP contribution in [0, 0.1) is 0 Å². The van der Waals surface area contributed by atoms with Gasteiger partial charge in [0.15, 0.2) is 0 Å². The lowest BCUT2D eigenvalue weighted by molar-refractivity contribution is 0.516. The lowest BCUT2D eigenvalue weighted by Crippen LogP contribution is -2.07. The Bertz CT molecular complexity index is 282. The van der Waals surface area contributed by atoms with E-state index in [9.17, 15) is 0 Å². The second kappa shape index (κ2) is 17.1. The van der Waals surface area contributed by atoms with Gasteiger partial charge in [0.2, 0.25) is 0 Å². The van der Waals surface area contributed by atoms with Gasteiger partial charge in [-0.1, -0.05) is 62.9 Å². The summed E-state index contributed by atoms with van der Waals surface area (Å²) in [6, 6.07) is 8.68. The summed E-state index contributed by atoms with van der Waals surface area (Å²) in [5.74, 6) is 0. The SMILES string of the molecule is Brc1ccc(SC2CCCCC2)cc1.CC.CC.CN. The molecular formula is C17H32BrNS. The molecule has 0 spiro atoms. The Labute approximate surface area is 139 Å². The Balaban J connectivity index is 0. The summed E-state index contributed by atoms with van der Waals surface area (Å²) >= 11 is 5.51. The van der Waals surface area contributed by atoms with E-state index in [1.54, 1.807) is 0 Å². The molecule has 2 N–H and O–H groups in total. The van der Waals surface area contributed by atoms with E-state index in [0.29, 0.717) is 0 Å². The van der Waals surface area contributed by atoms with Gasteiger partial charge in [0.25, 0.3) is 0 Å². The molecule has 1 saturated carbocycles. The van der Waals surface area contributed by atoms with Gasteiger partial charge in [0.05, 0.1) is 0 Å². The minimum absolute atomic E-state index is 0.866. The van der Waals surface area contributed by atoms with Gasteiger partial charge in [-0.25, -0.2) is 0 Å². The average molecular weight is 362 g/mol. The highest BCUT2D eigenvalue weighted by molar-refractivity contribution is 9.10. The third kappa shape index (κ3) is 10.8. The number of hydrogen-bond donors (Lipinski definition) is 1. The maximum atomic E-state index is 4.50. The van der Waals surface area contributed by atoms with Gasteiger partial charge in [-0.05, 0) is 44.2 Å². The van der Waals surface area contributed by atoms with Crippen molar-refractivity contribution >= 4 is 27.7 Å². The van der Waals surface area contributed by atoms with E-state index in [2.05, 4.69) is 57.7 Å². The van der Waals surface area contributed by atoms with Crippen molar-refractivity contribution in [2.24, 2.45) is 5.73 Å². The van der Waals surface area contributed by atoms with Crippen molar-refractivity contribution < 1.29 is 0 Å². The van der Waals surface area contributed by atoms with Crippen LogP contribution in [0.5, 0.6) is 0 Å². The van der Waals surface area contributed by atoms with Crippen molar-refractivity contribution in [1.82, 2.24) is 0 Å². The molecule has 1 nitrogen and oxygen atoms in total. The van der Waals surface area contributed by atoms with Crippen LogP contribution in [0.2, 0.25) is 0 Å². The summed E-state index contributed by atoms with van der Waals surface area (Å²) in [7, 11) is 1.50. The molecule has 1 aromatic rings. The van der Waals surface area contributed by atoms with Gasteiger partial charge in [0, 0.05) is 14.6 Å². The standard InChI is InChI=1S/C12H15BrS.2C2H6.CH5N/c13-10-6-8-12(9-7-10)14-11-4-2-1-3-5-11;3*1-2/h6-9,11H,1-5H2;2*1-2H3;2H2,1H3. The molecule has 0 amide bonds. The number of thioether (sulfide) groups is 1. The van der Waals surface area contributed by atoms with E-state index >= 15 is 0 Å². The largest absolute Gasteiger partial charge is 0.333 e. The predicted octanol–water partition coefficient (Wildman–Crippen LogP) is 6.50. The molecule has 118 valence electrons. The average Bonchev–Trinajstić information content (AvgIpc) is 2.56. The van der Waals surface area contributed by atoms with Gasteiger partial charge >= 0.3 is 0 Å². The van der Waals surface area contributed by atoms with E-state index in [-0.39, 0.29) is 0 Å². The van der Waals surface area contributed by atoms with Crippen molar-refractivity contribution in [3.8, 4) is 0 Å². The van der Waals surface area contributed by atoms with Crippen LogP contribution in [0.25, 0.3) is 0 Å². The third-order valence-electron chi connectivity index (χ3n) is 2.67. The Hall–Kier alpha value is 0.01000. The fourth-order valence-electron chi connectivity index (χ4n) is 1.89. The topological polar surface area (TPSA) is 26.0 Å². The summed E-state index contributed by atoms with van der Waals surface area (Å²) in [6.45, 7) is 8.00. The van der Waals surface area contributed by atoms with Crippen LogP contribution in [-0.2, 0) is 0 Å². The molecule has 1 fully saturated rings. The number of hydrogen-bond acceptors (Lipinski definition) is 2. The Morgan fingerprint density at radius 3 is 1.80 bits per heavy atom. The third-order valence-corrected chi connectivity index (χ3v) is 4.55. The van der Waals surface area contributed by atoms with Crippen LogP contribution in [0.15, 0.2) is 33.6 Å². The van der Waals surface area contributed by atoms with Crippen LogP contribution in [-0.4, -0.2) is 12.3 Å². The summed E-state index contributed by atoms with van der Waals surface area (Å²) in [4.78, 5) is 1.42. The zero-order chi connectivity index (χ0) is 15.8. The highest BCUT2D eigenvalue weighted by atomic mass is 79.9. The minimum Gasteiger partial charge on any atom is -0.333 e. The molecule has 1 aliphatic rings. The fourth-order valence-corrected chi connectivity index (χ4v) is 3.40. The van der Waals surface area contributed by atoms with Crippen LogP contribution in [0.4, 0.5) is 0 Å². The number of rotatable bonds is 2. The second-order valence-corrected chi connectivity index (χ2v) is 6.12. The van der Waals surface area contributed by atoms with Crippen LogP contribution < -0.4 is 5.73 Å². The monoisotopic (exact) mass is 361 g/mol. The first kappa shape index (κ1) is 22.3. The van der Waals surface area contributed by atoms with E-state index in [0.717, 1.165) is 5.25 Å². The smallest absolute Gasteiger partial charge is 0.0176 e. The molecule has 20 heavy (non-hydrogen) atoms. The van der Waals surface area contributed by atoms with E-state index < -0.39 is 0 Å². The molecule has 0 unspecified atom stereocenters. The highest BCUT2D eigenvalue weighted by Gasteiger charge is 2.14. The first-order valence-corrected chi connectivity index (χ1v) is 9.52. The Morgan fingerprint density at radius 1 is 0.900 bits per heavy atom. The molecule has 0 aliphatic heterocycles. The van der Waals surface area contributed by atoms with Gasteiger partial charge < -0.3 is 5.73 Å². The fraction of sp³-hybridized carbons (Fsp3) is 0.647. The molecule has 1 aliphatic carbocycles. The van der Waals surface area contributed by atoms with E-state index in [1.165, 1.54) is 48.5 Å². The van der Waals surface area contributed by atoms with Gasteiger partial charge in [0.1, 0.15) is 0 Å². The number of halogens is 1. The maximum absolute atomic E-state index is 4.50. The van der Waals surface area contributed by atoms with Crippen LogP contribution in [0.3, 0.4) is 0 Å². The van der Waals surface area contributed by atoms with Crippen molar-refractivity contribution in [3.05, 3.63) is 28.7 Å². The quantitative estimate of drug-likeness (QED) is 0.650. The lowest BCUT2D eigenvalue weighted by Gasteiger charge is -2.20. The van der Waals surface area contributed by atoms with Gasteiger partial charge in [-0.2, -0.15) is 0 Å². The molecule has 0 saturated heterocycles. The van der Waals surface area contributed by atoms with Crippen molar-refractivity contribution in [2.45, 2.75) is 69.9 Å². The zero-order valence-electron chi connectivity index (χ0n) is 13.8.